The van der Waals surface area contributed by atoms with Crippen molar-refractivity contribution in [3.8, 4) is 0 Å². The molecule has 0 radical (unpaired) electrons. The van der Waals surface area contributed by atoms with Gasteiger partial charge in [0.15, 0.2) is 0 Å². The summed E-state index contributed by atoms with van der Waals surface area (Å²) in [4.78, 5) is 13.1. The molecule has 1 atom stereocenters. The van der Waals surface area contributed by atoms with Crippen LogP contribution in [0.4, 0.5) is 18.9 Å². The molecule has 3 aromatic rings. The number of alkyl halides is 3. The van der Waals surface area contributed by atoms with E-state index in [4.69, 9.17) is 11.6 Å². The Labute approximate surface area is 220 Å². The number of nitrogens with one attached hydrogen (secondary N) is 1. The summed E-state index contributed by atoms with van der Waals surface area (Å²) in [6.07, 6.45) is -4.23. The fraction of sp³-hybridized carbons (Fsp3) is 0.296. The average molecular weight is 553 g/mol. The van der Waals surface area contributed by atoms with Gasteiger partial charge in [0.1, 0.15) is 6.54 Å². The van der Waals surface area contributed by atoms with Crippen molar-refractivity contribution in [2.24, 2.45) is 5.92 Å². The molecule has 0 fully saturated rings. The van der Waals surface area contributed by atoms with Gasteiger partial charge in [-0.1, -0.05) is 73.5 Å². The molecule has 0 saturated heterocycles. The van der Waals surface area contributed by atoms with Crippen LogP contribution < -0.4 is 9.62 Å². The predicted octanol–water partition coefficient (Wildman–Crippen LogP) is 6.77. The second-order valence-corrected chi connectivity index (χ2v) is 11.4. The van der Waals surface area contributed by atoms with Crippen LogP contribution in [0.25, 0.3) is 0 Å². The van der Waals surface area contributed by atoms with Crippen molar-refractivity contribution in [2.45, 2.75) is 44.3 Å². The number of nitrogens with zero attached hydrogens (tertiary/aromatic N) is 1. The largest absolute Gasteiger partial charge is 0.417 e. The molecule has 0 saturated carbocycles. The Morgan fingerprint density at radius 3 is 2.19 bits per heavy atom. The van der Waals surface area contributed by atoms with E-state index in [1.807, 2.05) is 44.2 Å². The van der Waals surface area contributed by atoms with Crippen LogP contribution in [0, 0.1) is 12.8 Å². The molecular weight excluding hydrogens is 525 g/mol. The molecule has 0 bridgehead atoms. The normalized spacial score (nSPS) is 12.9. The molecule has 3 aromatic carbocycles. The summed E-state index contributed by atoms with van der Waals surface area (Å²) < 4.78 is 68.6. The summed E-state index contributed by atoms with van der Waals surface area (Å²) in [7, 11) is -4.40. The number of anilines is 1. The van der Waals surface area contributed by atoms with Crippen LogP contribution in [-0.2, 0) is 21.0 Å². The van der Waals surface area contributed by atoms with Gasteiger partial charge >= 0.3 is 6.18 Å². The van der Waals surface area contributed by atoms with Gasteiger partial charge in [-0.2, -0.15) is 13.2 Å². The molecule has 5 nitrogen and oxygen atoms in total. The lowest BCUT2D eigenvalue weighted by Gasteiger charge is -2.27. The number of hydrogen-bond acceptors (Lipinski definition) is 3. The van der Waals surface area contributed by atoms with E-state index in [-0.39, 0.29) is 16.5 Å². The molecule has 198 valence electrons. The lowest BCUT2D eigenvalue weighted by atomic mass is 9.97. The van der Waals surface area contributed by atoms with Crippen molar-refractivity contribution < 1.29 is 26.4 Å². The minimum absolute atomic E-state index is 0.156. The number of hydrogen-bond donors (Lipinski definition) is 1. The molecule has 3 rings (SSSR count). The Morgan fingerprint density at radius 1 is 1.00 bits per heavy atom. The third kappa shape index (κ3) is 7.26. The fourth-order valence-corrected chi connectivity index (χ4v) is 5.48. The van der Waals surface area contributed by atoms with Crippen LogP contribution in [0.2, 0.25) is 5.02 Å². The fourth-order valence-electron chi connectivity index (χ4n) is 3.84. The average Bonchev–Trinajstić information content (AvgIpc) is 2.82. The smallest absolute Gasteiger partial charge is 0.348 e. The van der Waals surface area contributed by atoms with Gasteiger partial charge in [0.2, 0.25) is 5.91 Å². The SMILES string of the molecule is Cc1ccc(S(=O)(=O)N(CC(=O)N[C@@H](CC(C)C)c2ccccc2)c2ccc(Cl)c(C(F)(F)F)c2)cc1. The van der Waals surface area contributed by atoms with Gasteiger partial charge in [-0.25, -0.2) is 8.42 Å². The molecule has 0 unspecified atom stereocenters. The topological polar surface area (TPSA) is 66.5 Å². The summed E-state index contributed by atoms with van der Waals surface area (Å²) in [5.41, 5.74) is 0.113. The maximum absolute atomic E-state index is 13.6. The second-order valence-electron chi connectivity index (χ2n) is 9.15. The maximum Gasteiger partial charge on any atom is 0.417 e. The standard InChI is InChI=1S/C27H28ClF3N2O3S/c1-18(2)15-25(20-7-5-4-6-8-20)32-26(34)17-33(37(35,36)22-12-9-19(3)10-13-22)21-11-14-24(28)23(16-21)27(29,30)31/h4-14,16,18,25H,15,17H2,1-3H3,(H,32,34)/t25-/m0/s1. The van der Waals surface area contributed by atoms with Crippen LogP contribution in [0.1, 0.15) is 43.0 Å². The second kappa shape index (κ2) is 11.6. The highest BCUT2D eigenvalue weighted by atomic mass is 35.5. The highest BCUT2D eigenvalue weighted by molar-refractivity contribution is 7.92. The van der Waals surface area contributed by atoms with Crippen molar-refractivity contribution in [1.29, 1.82) is 0 Å². The number of carbonyl (C=O) groups excluding carboxylic acids is 1. The number of sulfonamides is 1. The number of aryl methyl sites for hydroxylation is 1. The maximum atomic E-state index is 13.6. The van der Waals surface area contributed by atoms with Crippen molar-refractivity contribution in [3.63, 3.8) is 0 Å². The zero-order chi connectivity index (χ0) is 27.4. The summed E-state index contributed by atoms with van der Waals surface area (Å²) in [5.74, 6) is -0.447. The Kier molecular flexibility index (Phi) is 8.92. The molecule has 0 aliphatic carbocycles. The van der Waals surface area contributed by atoms with E-state index >= 15 is 0 Å². The van der Waals surface area contributed by atoms with Crippen molar-refractivity contribution in [3.05, 3.63) is 94.5 Å². The van der Waals surface area contributed by atoms with E-state index in [9.17, 15) is 26.4 Å². The summed E-state index contributed by atoms with van der Waals surface area (Å²) >= 11 is 5.76. The van der Waals surface area contributed by atoms with Crippen LogP contribution >= 0.6 is 11.6 Å². The third-order valence-corrected chi connectivity index (χ3v) is 7.80. The van der Waals surface area contributed by atoms with Crippen molar-refractivity contribution in [2.75, 3.05) is 10.8 Å². The Bertz CT molecular complexity index is 1330. The minimum atomic E-state index is -4.82. The monoisotopic (exact) mass is 552 g/mol. The van der Waals surface area contributed by atoms with Gasteiger partial charge in [0.05, 0.1) is 27.2 Å². The number of rotatable bonds is 9. The van der Waals surface area contributed by atoms with E-state index in [1.54, 1.807) is 19.1 Å². The Morgan fingerprint density at radius 2 is 1.62 bits per heavy atom. The van der Waals surface area contributed by atoms with E-state index in [2.05, 4.69) is 5.32 Å². The lowest BCUT2D eigenvalue weighted by Crippen LogP contribution is -2.42. The van der Waals surface area contributed by atoms with Gasteiger partial charge in [-0.15, -0.1) is 0 Å². The Hall–Kier alpha value is -3.04. The first-order valence-electron chi connectivity index (χ1n) is 11.6. The predicted molar refractivity (Wildman–Crippen MR) is 139 cm³/mol. The van der Waals surface area contributed by atoms with Gasteiger partial charge in [-0.3, -0.25) is 9.10 Å². The number of carbonyl (C=O) groups is 1. The number of amides is 1. The number of benzene rings is 3. The van der Waals surface area contributed by atoms with Gasteiger partial charge in [0.25, 0.3) is 10.0 Å². The molecule has 10 heteroatoms. The molecule has 0 aliphatic heterocycles. The van der Waals surface area contributed by atoms with Crippen molar-refractivity contribution in [1.82, 2.24) is 5.32 Å². The first-order chi connectivity index (χ1) is 17.3. The van der Waals surface area contributed by atoms with E-state index in [0.717, 1.165) is 23.3 Å². The van der Waals surface area contributed by atoms with Crippen LogP contribution in [0.3, 0.4) is 0 Å². The highest BCUT2D eigenvalue weighted by Gasteiger charge is 2.35. The first kappa shape index (κ1) is 28.5. The molecule has 37 heavy (non-hydrogen) atoms. The zero-order valence-corrected chi connectivity index (χ0v) is 22.2. The van der Waals surface area contributed by atoms with E-state index < -0.39 is 45.3 Å². The highest BCUT2D eigenvalue weighted by Crippen LogP contribution is 2.38. The summed E-state index contributed by atoms with van der Waals surface area (Å²) in [6.45, 7) is 5.02. The molecule has 1 amide bonds. The van der Waals surface area contributed by atoms with Crippen molar-refractivity contribution >= 4 is 33.2 Å². The lowest BCUT2D eigenvalue weighted by molar-refractivity contribution is -0.137. The van der Waals surface area contributed by atoms with Gasteiger partial charge in [0, 0.05) is 0 Å². The minimum Gasteiger partial charge on any atom is -0.348 e. The van der Waals surface area contributed by atoms with E-state index in [0.29, 0.717) is 16.8 Å². The molecule has 1 N–H and O–H groups in total. The molecule has 0 spiro atoms. The quantitative estimate of drug-likeness (QED) is 0.319. The van der Waals surface area contributed by atoms with Crippen LogP contribution in [0.15, 0.2) is 77.7 Å². The first-order valence-corrected chi connectivity index (χ1v) is 13.4. The molecule has 0 aliphatic rings. The number of halogens is 4. The Balaban J connectivity index is 2.02. The molecule has 0 heterocycles. The van der Waals surface area contributed by atoms with E-state index in [1.165, 1.54) is 12.1 Å². The third-order valence-electron chi connectivity index (χ3n) is 5.68. The molecule has 0 aromatic heterocycles. The molecular formula is C27H28ClF3N2O3S. The van der Waals surface area contributed by atoms with Gasteiger partial charge < -0.3 is 5.32 Å². The van der Waals surface area contributed by atoms with Gasteiger partial charge in [-0.05, 0) is 55.2 Å². The van der Waals surface area contributed by atoms with Crippen LogP contribution in [0.5, 0.6) is 0 Å². The van der Waals surface area contributed by atoms with Crippen LogP contribution in [-0.4, -0.2) is 20.9 Å². The zero-order valence-electron chi connectivity index (χ0n) is 20.6. The summed E-state index contributed by atoms with van der Waals surface area (Å²) in [6, 6.07) is 17.4. The summed E-state index contributed by atoms with van der Waals surface area (Å²) in [5, 5.41) is 2.29.